The van der Waals surface area contributed by atoms with Gasteiger partial charge in [0.25, 0.3) is 5.89 Å². The summed E-state index contributed by atoms with van der Waals surface area (Å²) in [7, 11) is 0. The number of nitrogens with zero attached hydrogens (tertiary/aromatic N) is 3. The van der Waals surface area contributed by atoms with E-state index >= 15 is 0 Å². The Morgan fingerprint density at radius 2 is 2.40 bits per heavy atom. The van der Waals surface area contributed by atoms with E-state index in [2.05, 4.69) is 15.0 Å². The largest absolute Gasteiger partial charge is 0.506 e. The number of ether oxygens (including phenoxy) is 1. The van der Waals surface area contributed by atoms with E-state index in [4.69, 9.17) is 9.26 Å². The number of fused-ring (bicyclic) bond motifs is 1. The Morgan fingerprint density at radius 3 is 3.25 bits per heavy atom. The normalized spacial score (nSPS) is 26.8. The van der Waals surface area contributed by atoms with Crippen molar-refractivity contribution in [2.75, 3.05) is 19.7 Å². The summed E-state index contributed by atoms with van der Waals surface area (Å²) in [5.41, 5.74) is 0. The van der Waals surface area contributed by atoms with Gasteiger partial charge in [-0.2, -0.15) is 4.98 Å². The summed E-state index contributed by atoms with van der Waals surface area (Å²) in [6.45, 7) is 2.68. The molecule has 1 N–H and O–H groups in total. The van der Waals surface area contributed by atoms with Gasteiger partial charge < -0.3 is 14.4 Å². The zero-order chi connectivity index (χ0) is 13.5. The van der Waals surface area contributed by atoms with Crippen LogP contribution in [0.5, 0.6) is 5.75 Å². The highest BCUT2D eigenvalue weighted by Gasteiger charge is 2.35. The first-order valence-electron chi connectivity index (χ1n) is 6.77. The highest BCUT2D eigenvalue weighted by atomic mass is 32.1. The van der Waals surface area contributed by atoms with Crippen molar-refractivity contribution in [3.8, 4) is 16.5 Å². The maximum Gasteiger partial charge on any atom is 0.271 e. The van der Waals surface area contributed by atoms with Crippen LogP contribution in [0.15, 0.2) is 16.0 Å². The molecule has 6 nitrogen and oxygen atoms in total. The van der Waals surface area contributed by atoms with Gasteiger partial charge in [-0.1, -0.05) is 5.16 Å². The van der Waals surface area contributed by atoms with Crippen molar-refractivity contribution in [2.45, 2.75) is 25.0 Å². The highest BCUT2D eigenvalue weighted by molar-refractivity contribution is 7.13. The number of rotatable bonds is 2. The van der Waals surface area contributed by atoms with Crippen LogP contribution in [0.25, 0.3) is 10.8 Å². The lowest BCUT2D eigenvalue weighted by Crippen LogP contribution is -2.42. The highest BCUT2D eigenvalue weighted by Crippen LogP contribution is 2.35. The van der Waals surface area contributed by atoms with Crippen molar-refractivity contribution in [3.63, 3.8) is 0 Å². The molecule has 0 saturated carbocycles. The molecule has 106 valence electrons. The van der Waals surface area contributed by atoms with E-state index in [1.807, 2.05) is 0 Å². The lowest BCUT2D eigenvalue weighted by molar-refractivity contribution is -0.0548. The van der Waals surface area contributed by atoms with Gasteiger partial charge in [-0.15, -0.1) is 11.3 Å². The summed E-state index contributed by atoms with van der Waals surface area (Å²) >= 11 is 1.38. The van der Waals surface area contributed by atoms with Gasteiger partial charge in [0.1, 0.15) is 16.7 Å². The molecule has 0 bridgehead atoms. The molecule has 0 amide bonds. The molecule has 2 aliphatic heterocycles. The third-order valence-electron chi connectivity index (χ3n) is 3.96. The molecule has 4 heterocycles. The standard InChI is InChI=1S/C13H15N3O3S/c17-9-3-5-20-11(9)13-14-12(15-19-13)10-6-16-4-1-2-8(16)7-18-10/h3,5,8,10,17H,1-2,4,6-7H2. The summed E-state index contributed by atoms with van der Waals surface area (Å²) in [6, 6.07) is 2.18. The third kappa shape index (κ3) is 2.02. The predicted molar refractivity (Wildman–Crippen MR) is 72.6 cm³/mol. The topological polar surface area (TPSA) is 71.6 Å². The molecule has 2 fully saturated rings. The fourth-order valence-electron chi connectivity index (χ4n) is 2.89. The molecule has 0 radical (unpaired) electrons. The van der Waals surface area contributed by atoms with Crippen LogP contribution in [0, 0.1) is 0 Å². The van der Waals surface area contributed by atoms with Crippen molar-refractivity contribution >= 4 is 11.3 Å². The van der Waals surface area contributed by atoms with Crippen LogP contribution in [-0.2, 0) is 4.74 Å². The van der Waals surface area contributed by atoms with Crippen LogP contribution >= 0.6 is 11.3 Å². The molecule has 0 aliphatic carbocycles. The van der Waals surface area contributed by atoms with E-state index in [0.29, 0.717) is 22.6 Å². The Labute approximate surface area is 120 Å². The van der Waals surface area contributed by atoms with E-state index in [0.717, 1.165) is 19.7 Å². The van der Waals surface area contributed by atoms with Crippen LogP contribution in [0.4, 0.5) is 0 Å². The second-order valence-corrected chi connectivity index (χ2v) is 6.12. The Balaban J connectivity index is 1.55. The predicted octanol–water partition coefficient (Wildman–Crippen LogP) is 2.04. The van der Waals surface area contributed by atoms with Gasteiger partial charge in [-0.3, -0.25) is 4.90 Å². The summed E-state index contributed by atoms with van der Waals surface area (Å²) < 4.78 is 11.1. The monoisotopic (exact) mass is 293 g/mol. The molecule has 2 atom stereocenters. The van der Waals surface area contributed by atoms with Crippen molar-refractivity contribution in [2.24, 2.45) is 0 Å². The molecule has 7 heteroatoms. The Bertz CT molecular complexity index is 612. The second-order valence-electron chi connectivity index (χ2n) is 5.21. The van der Waals surface area contributed by atoms with Crippen LogP contribution in [0.2, 0.25) is 0 Å². The molecule has 2 aromatic heterocycles. The number of hydrogen-bond acceptors (Lipinski definition) is 7. The zero-order valence-corrected chi connectivity index (χ0v) is 11.7. The Hall–Kier alpha value is -1.44. The van der Waals surface area contributed by atoms with Crippen LogP contribution in [-0.4, -0.2) is 45.9 Å². The molecule has 2 unspecified atom stereocenters. The molecule has 2 saturated heterocycles. The van der Waals surface area contributed by atoms with E-state index in [1.165, 1.54) is 24.2 Å². The van der Waals surface area contributed by atoms with E-state index in [1.54, 1.807) is 11.4 Å². The first-order valence-corrected chi connectivity index (χ1v) is 7.65. The lowest BCUT2D eigenvalue weighted by atomic mass is 10.2. The van der Waals surface area contributed by atoms with Crippen LogP contribution in [0.3, 0.4) is 0 Å². The van der Waals surface area contributed by atoms with Crippen molar-refractivity contribution in [1.82, 2.24) is 15.0 Å². The lowest BCUT2D eigenvalue weighted by Gasteiger charge is -2.33. The maximum atomic E-state index is 9.69. The SMILES string of the molecule is Oc1ccsc1-c1nc(C2CN3CCCC3CO2)no1. The molecular formula is C13H15N3O3S. The number of morpholine rings is 1. The summed E-state index contributed by atoms with van der Waals surface area (Å²) in [4.78, 5) is 7.42. The smallest absolute Gasteiger partial charge is 0.271 e. The zero-order valence-electron chi connectivity index (χ0n) is 10.9. The third-order valence-corrected chi connectivity index (χ3v) is 4.85. The minimum absolute atomic E-state index is 0.135. The van der Waals surface area contributed by atoms with Crippen LogP contribution < -0.4 is 0 Å². The molecule has 20 heavy (non-hydrogen) atoms. The number of thiophene rings is 1. The van der Waals surface area contributed by atoms with Gasteiger partial charge in [0.05, 0.1) is 6.61 Å². The van der Waals surface area contributed by atoms with Gasteiger partial charge >= 0.3 is 0 Å². The molecule has 0 spiro atoms. The van der Waals surface area contributed by atoms with Gasteiger partial charge in [-0.05, 0) is 30.8 Å². The molecule has 0 aromatic carbocycles. The van der Waals surface area contributed by atoms with Gasteiger partial charge in [-0.25, -0.2) is 0 Å². The van der Waals surface area contributed by atoms with Crippen molar-refractivity contribution in [3.05, 3.63) is 17.3 Å². The Morgan fingerprint density at radius 1 is 1.45 bits per heavy atom. The molecule has 4 rings (SSSR count). The van der Waals surface area contributed by atoms with E-state index in [-0.39, 0.29) is 11.9 Å². The van der Waals surface area contributed by atoms with Gasteiger partial charge in [0, 0.05) is 12.6 Å². The molecule has 2 aromatic rings. The van der Waals surface area contributed by atoms with Gasteiger partial charge in [0.15, 0.2) is 0 Å². The quantitative estimate of drug-likeness (QED) is 0.913. The number of aromatic nitrogens is 2. The molecule has 2 aliphatic rings. The first-order chi connectivity index (χ1) is 9.81. The minimum atomic E-state index is -0.135. The summed E-state index contributed by atoms with van der Waals surface area (Å²) in [5.74, 6) is 1.10. The fourth-order valence-corrected chi connectivity index (χ4v) is 3.60. The average molecular weight is 293 g/mol. The minimum Gasteiger partial charge on any atom is -0.506 e. The number of hydrogen-bond donors (Lipinski definition) is 1. The van der Waals surface area contributed by atoms with Crippen LogP contribution in [0.1, 0.15) is 24.8 Å². The number of aromatic hydroxyl groups is 1. The van der Waals surface area contributed by atoms with E-state index in [9.17, 15) is 5.11 Å². The summed E-state index contributed by atoms with van der Waals surface area (Å²) in [5, 5.41) is 15.5. The maximum absolute atomic E-state index is 9.69. The second kappa shape index (κ2) is 4.83. The van der Waals surface area contributed by atoms with Crippen molar-refractivity contribution in [1.29, 1.82) is 0 Å². The summed E-state index contributed by atoms with van der Waals surface area (Å²) in [6.07, 6.45) is 2.32. The average Bonchev–Trinajstić information content (AvgIpc) is 3.17. The van der Waals surface area contributed by atoms with Gasteiger partial charge in [0.2, 0.25) is 5.82 Å². The van der Waals surface area contributed by atoms with E-state index < -0.39 is 0 Å². The fraction of sp³-hybridized carbons (Fsp3) is 0.538. The first kappa shape index (κ1) is 12.3. The van der Waals surface area contributed by atoms with Crippen molar-refractivity contribution < 1.29 is 14.4 Å². The molecular weight excluding hydrogens is 278 g/mol. The Kier molecular flexibility index (Phi) is 2.98.